The van der Waals surface area contributed by atoms with Crippen molar-refractivity contribution >= 4 is 16.5 Å². The van der Waals surface area contributed by atoms with Gasteiger partial charge in [-0.25, -0.2) is 0 Å². The fourth-order valence-corrected chi connectivity index (χ4v) is 0.538. The summed E-state index contributed by atoms with van der Waals surface area (Å²) in [6, 6.07) is 0. The SMILES string of the molecule is C=C.C=C.O=[P+](O)O[P+](=O)O. The van der Waals surface area contributed by atoms with Gasteiger partial charge in [-0.1, -0.05) is 0 Å². The Morgan fingerprint density at radius 1 is 0.909 bits per heavy atom. The van der Waals surface area contributed by atoms with Crippen LogP contribution < -0.4 is 0 Å². The van der Waals surface area contributed by atoms with Crippen LogP contribution in [0.15, 0.2) is 26.3 Å². The van der Waals surface area contributed by atoms with Gasteiger partial charge in [0.2, 0.25) is 0 Å². The molecule has 2 atom stereocenters. The fraction of sp³-hybridized carbons (Fsp3) is 0. The van der Waals surface area contributed by atoms with Gasteiger partial charge in [0.25, 0.3) is 0 Å². The van der Waals surface area contributed by atoms with Crippen molar-refractivity contribution in [1.82, 2.24) is 0 Å². The van der Waals surface area contributed by atoms with E-state index in [-0.39, 0.29) is 0 Å². The number of hydrogen-bond acceptors (Lipinski definition) is 3. The Kier molecular flexibility index (Phi) is 25.0. The van der Waals surface area contributed by atoms with Gasteiger partial charge in [0.15, 0.2) is 4.31 Å². The summed E-state index contributed by atoms with van der Waals surface area (Å²) in [6.07, 6.45) is 0. The summed E-state index contributed by atoms with van der Waals surface area (Å²) < 4.78 is 22.2. The maximum absolute atomic E-state index is 9.39. The molecule has 0 saturated carbocycles. The van der Waals surface area contributed by atoms with Gasteiger partial charge in [-0.2, -0.15) is 0 Å². The minimum atomic E-state index is -2.92. The average molecular weight is 200 g/mol. The monoisotopic (exact) mass is 200 g/mol. The highest BCUT2D eigenvalue weighted by Gasteiger charge is 2.31. The number of rotatable bonds is 2. The fourth-order valence-electron chi connectivity index (χ4n) is 0.0598. The first kappa shape index (κ1) is 16.9. The molecule has 0 fully saturated rings. The molecule has 11 heavy (non-hydrogen) atoms. The summed E-state index contributed by atoms with van der Waals surface area (Å²) in [5.41, 5.74) is 0. The quantitative estimate of drug-likeness (QED) is 0.525. The minimum Gasteiger partial charge on any atom is -0.131 e. The Morgan fingerprint density at radius 3 is 1.09 bits per heavy atom. The molecule has 0 aromatic heterocycles. The second-order valence-electron chi connectivity index (χ2n) is 0.557. The summed E-state index contributed by atoms with van der Waals surface area (Å²) in [5.74, 6) is 0. The van der Waals surface area contributed by atoms with Crippen LogP contribution in [-0.4, -0.2) is 9.79 Å². The van der Waals surface area contributed by atoms with Crippen LogP contribution in [0.5, 0.6) is 0 Å². The first-order valence-corrected chi connectivity index (χ1v) is 4.39. The van der Waals surface area contributed by atoms with E-state index >= 15 is 0 Å². The lowest BCUT2D eigenvalue weighted by Gasteiger charge is -1.50. The van der Waals surface area contributed by atoms with E-state index in [1.807, 2.05) is 0 Å². The summed E-state index contributed by atoms with van der Waals surface area (Å²) >= 11 is 0. The van der Waals surface area contributed by atoms with Gasteiger partial charge in [-0.3, -0.25) is 0 Å². The second kappa shape index (κ2) is 16.3. The van der Waals surface area contributed by atoms with Gasteiger partial charge in [-0.05, 0) is 0 Å². The molecule has 0 radical (unpaired) electrons. The molecular weight excluding hydrogens is 190 g/mol. The second-order valence-corrected chi connectivity index (χ2v) is 2.16. The predicted molar refractivity (Wildman–Crippen MR) is 43.2 cm³/mol. The lowest BCUT2D eigenvalue weighted by Crippen LogP contribution is -1.58. The molecule has 0 bridgehead atoms. The third-order valence-electron chi connectivity index (χ3n) is 0.140. The van der Waals surface area contributed by atoms with Crippen molar-refractivity contribution < 1.29 is 23.2 Å². The molecule has 0 aliphatic carbocycles. The normalized spacial score (nSPS) is 9.27. The van der Waals surface area contributed by atoms with Crippen LogP contribution in [-0.2, 0) is 13.4 Å². The van der Waals surface area contributed by atoms with Gasteiger partial charge in [0, 0.05) is 9.13 Å². The van der Waals surface area contributed by atoms with E-state index in [1.165, 1.54) is 0 Å². The van der Waals surface area contributed by atoms with E-state index in [9.17, 15) is 9.13 Å². The van der Waals surface area contributed by atoms with E-state index < -0.39 is 16.5 Å². The minimum absolute atomic E-state index is 2.92. The van der Waals surface area contributed by atoms with Crippen molar-refractivity contribution in [2.45, 2.75) is 0 Å². The maximum Gasteiger partial charge on any atom is 0.745 e. The van der Waals surface area contributed by atoms with E-state index in [4.69, 9.17) is 9.79 Å². The van der Waals surface area contributed by atoms with Gasteiger partial charge >= 0.3 is 16.5 Å². The van der Waals surface area contributed by atoms with Gasteiger partial charge in [0.1, 0.15) is 0 Å². The molecule has 0 heterocycles. The smallest absolute Gasteiger partial charge is 0.131 e. The van der Waals surface area contributed by atoms with Crippen LogP contribution in [0.1, 0.15) is 0 Å². The molecule has 0 saturated heterocycles. The largest absolute Gasteiger partial charge is 0.745 e. The van der Waals surface area contributed by atoms with Crippen LogP contribution in [0.4, 0.5) is 0 Å². The Morgan fingerprint density at radius 2 is 1.09 bits per heavy atom. The third-order valence-corrected chi connectivity index (χ3v) is 1.26. The molecule has 0 spiro atoms. The predicted octanol–water partition coefficient (Wildman–Crippen LogP) is 1.91. The van der Waals surface area contributed by atoms with Gasteiger partial charge in [0.05, 0.1) is 0 Å². The summed E-state index contributed by atoms with van der Waals surface area (Å²) in [5, 5.41) is 0. The molecule has 0 amide bonds. The van der Waals surface area contributed by atoms with Crippen molar-refractivity contribution in [2.75, 3.05) is 0 Å². The highest BCUT2D eigenvalue weighted by molar-refractivity contribution is 7.46. The van der Waals surface area contributed by atoms with E-state index in [0.717, 1.165) is 0 Å². The van der Waals surface area contributed by atoms with Crippen LogP contribution in [0.3, 0.4) is 0 Å². The zero-order chi connectivity index (χ0) is 9.86. The van der Waals surface area contributed by atoms with Crippen LogP contribution in [0.25, 0.3) is 0 Å². The van der Waals surface area contributed by atoms with Crippen molar-refractivity contribution in [3.05, 3.63) is 26.3 Å². The van der Waals surface area contributed by atoms with E-state index in [0.29, 0.717) is 0 Å². The Balaban J connectivity index is -0.000000138. The Labute approximate surface area is 66.9 Å². The Hall–Kier alpha value is -0.440. The van der Waals surface area contributed by atoms with Crippen LogP contribution in [0.2, 0.25) is 0 Å². The molecule has 0 aliphatic heterocycles. The molecular formula is C4H10O5P2+2. The Bertz CT molecular complexity index is 112. The summed E-state index contributed by atoms with van der Waals surface area (Å²) in [7, 11) is -5.85. The molecule has 5 nitrogen and oxygen atoms in total. The molecule has 64 valence electrons. The standard InChI is InChI=1S/2C2H4.O5P2/c2*1-2;1-6(2)5-7(3)4/h2*1-2H2;/p+2. The van der Waals surface area contributed by atoms with Gasteiger partial charge in [-0.15, -0.1) is 36.1 Å². The van der Waals surface area contributed by atoms with E-state index in [2.05, 4.69) is 30.6 Å². The van der Waals surface area contributed by atoms with Gasteiger partial charge < -0.3 is 0 Å². The molecule has 0 aliphatic rings. The van der Waals surface area contributed by atoms with Crippen molar-refractivity contribution in [3.63, 3.8) is 0 Å². The average Bonchev–Trinajstić information content (AvgIpc) is 1.93. The topological polar surface area (TPSA) is 83.8 Å². The third kappa shape index (κ3) is 43.1. The van der Waals surface area contributed by atoms with Crippen molar-refractivity contribution in [1.29, 1.82) is 0 Å². The van der Waals surface area contributed by atoms with Crippen LogP contribution in [0, 0.1) is 0 Å². The van der Waals surface area contributed by atoms with Crippen LogP contribution >= 0.6 is 16.5 Å². The zero-order valence-corrected chi connectivity index (χ0v) is 7.63. The lowest BCUT2D eigenvalue weighted by atomic mass is 11.3. The first-order valence-electron chi connectivity index (χ1n) is 2.13. The first-order chi connectivity index (χ1) is 5.13. The summed E-state index contributed by atoms with van der Waals surface area (Å²) in [4.78, 5) is 15.3. The van der Waals surface area contributed by atoms with Crippen molar-refractivity contribution in [3.8, 4) is 0 Å². The molecule has 0 aromatic rings. The molecule has 7 heteroatoms. The lowest BCUT2D eigenvalue weighted by molar-refractivity contribution is 0.371. The van der Waals surface area contributed by atoms with Crippen molar-refractivity contribution in [2.24, 2.45) is 0 Å². The summed E-state index contributed by atoms with van der Waals surface area (Å²) in [6.45, 7) is 12.0. The zero-order valence-electron chi connectivity index (χ0n) is 5.84. The maximum atomic E-state index is 9.39. The van der Waals surface area contributed by atoms with E-state index in [1.54, 1.807) is 0 Å². The number of hydrogen-bond donors (Lipinski definition) is 2. The molecule has 2 unspecified atom stereocenters. The molecule has 0 aromatic carbocycles. The highest BCUT2D eigenvalue weighted by Crippen LogP contribution is 2.30. The highest BCUT2D eigenvalue weighted by atomic mass is 31.2. The molecule has 2 N–H and O–H groups in total. The molecule has 0 rings (SSSR count).